The van der Waals surface area contributed by atoms with Gasteiger partial charge in [-0.05, 0) is 73.7 Å². The van der Waals surface area contributed by atoms with Crippen LogP contribution in [-0.4, -0.2) is 71.9 Å². The third-order valence-electron chi connectivity index (χ3n) is 8.49. The largest absolute Gasteiger partial charge is 0.412 e. The van der Waals surface area contributed by atoms with Gasteiger partial charge in [0.25, 0.3) is 11.8 Å². The molecule has 4 N–H and O–H groups in total. The monoisotopic (exact) mass is 693 g/mol. The lowest BCUT2D eigenvalue weighted by molar-refractivity contribution is 0.0544. The normalized spacial score (nSPS) is 14.5. The maximum atomic E-state index is 14.5. The van der Waals surface area contributed by atoms with Crippen LogP contribution < -0.4 is 4.72 Å². The summed E-state index contributed by atoms with van der Waals surface area (Å²) in [5.41, 5.74) is 4.34. The number of anilines is 1. The lowest BCUT2D eigenvalue weighted by atomic mass is 9.93. The predicted octanol–water partition coefficient (Wildman–Crippen LogP) is 5.75. The molecule has 1 aliphatic heterocycles. The highest BCUT2D eigenvalue weighted by atomic mass is 35.5. The summed E-state index contributed by atoms with van der Waals surface area (Å²) in [5, 5.41) is 15.5. The number of aliphatic hydroxyl groups is 1. The molecule has 0 radical (unpaired) electrons. The molecular weight excluding hydrogens is 650 g/mol. The van der Waals surface area contributed by atoms with Crippen LogP contribution in [0.15, 0.2) is 77.7 Å². The summed E-state index contributed by atoms with van der Waals surface area (Å²) in [5.74, 6) is -0.445. The Kier molecular flexibility index (Phi) is 12.9. The summed E-state index contributed by atoms with van der Waals surface area (Å²) in [6.07, 6.45) is 4.29. The van der Waals surface area contributed by atoms with E-state index in [0.717, 1.165) is 36.8 Å². The molecule has 5 rings (SSSR count). The third-order valence-corrected chi connectivity index (χ3v) is 10.1. The molecule has 0 aliphatic carbocycles. The van der Waals surface area contributed by atoms with Crippen molar-refractivity contribution in [2.75, 3.05) is 24.4 Å². The van der Waals surface area contributed by atoms with E-state index >= 15 is 0 Å². The molecule has 12 heteroatoms. The van der Waals surface area contributed by atoms with Crippen LogP contribution in [0.1, 0.15) is 77.2 Å². The van der Waals surface area contributed by atoms with Crippen molar-refractivity contribution in [1.82, 2.24) is 19.6 Å². The lowest BCUT2D eigenvalue weighted by Gasteiger charge is -2.36. The number of rotatable bonds is 13. The van der Waals surface area contributed by atoms with Crippen molar-refractivity contribution in [3.8, 4) is 5.69 Å². The number of carbonyl (C=O) groups is 2. The minimum absolute atomic E-state index is 0. The number of aromatic nitrogens is 2. The molecule has 2 atom stereocenters. The minimum Gasteiger partial charge on any atom is -0.412 e. The van der Waals surface area contributed by atoms with Gasteiger partial charge < -0.3 is 25.1 Å². The van der Waals surface area contributed by atoms with Gasteiger partial charge >= 0.3 is 0 Å². The summed E-state index contributed by atoms with van der Waals surface area (Å²) in [6.45, 7) is 7.51. The number of benzene rings is 3. The number of nitrogens with one attached hydrogen (secondary N) is 1. The van der Waals surface area contributed by atoms with Crippen LogP contribution in [0, 0.1) is 6.92 Å². The van der Waals surface area contributed by atoms with E-state index in [1.807, 2.05) is 36.1 Å². The van der Waals surface area contributed by atoms with Gasteiger partial charge in [0.15, 0.2) is 16.7 Å². The van der Waals surface area contributed by atoms with Crippen LogP contribution >= 0.6 is 11.6 Å². The smallest absolute Gasteiger partial charge is 0.274 e. The van der Waals surface area contributed by atoms with Gasteiger partial charge in [0.1, 0.15) is 0 Å². The van der Waals surface area contributed by atoms with Crippen molar-refractivity contribution in [2.45, 2.75) is 70.4 Å². The number of nitrogens with zero attached hydrogens (tertiary/aromatic N) is 4. The highest BCUT2D eigenvalue weighted by molar-refractivity contribution is 7.86. The van der Waals surface area contributed by atoms with E-state index in [1.54, 1.807) is 58.1 Å². The molecule has 1 unspecified atom stereocenters. The maximum absolute atomic E-state index is 14.5. The van der Waals surface area contributed by atoms with E-state index in [9.17, 15) is 18.9 Å². The van der Waals surface area contributed by atoms with Crippen molar-refractivity contribution in [1.29, 1.82) is 0 Å². The number of aryl methyl sites for hydroxylation is 1. The first kappa shape index (κ1) is 36.8. The van der Waals surface area contributed by atoms with Crippen molar-refractivity contribution >= 4 is 40.1 Å². The Hall–Kier alpha value is -4.03. The average molecular weight is 694 g/mol. The van der Waals surface area contributed by atoms with Gasteiger partial charge in [-0.1, -0.05) is 74.7 Å². The number of carbonyl (C=O) groups excluding carboxylic acids is 2. The molecule has 2 amide bonds. The van der Waals surface area contributed by atoms with Gasteiger partial charge in [-0.25, -0.2) is 8.89 Å². The maximum Gasteiger partial charge on any atom is 0.274 e. The molecular formula is C36H44ClN5O5S. The number of halogens is 1. The van der Waals surface area contributed by atoms with E-state index in [1.165, 1.54) is 0 Å². The van der Waals surface area contributed by atoms with Gasteiger partial charge in [0.2, 0.25) is 0 Å². The lowest BCUT2D eigenvalue weighted by Crippen LogP contribution is -2.46. The molecule has 256 valence electrons. The molecule has 1 aliphatic rings. The zero-order valence-electron chi connectivity index (χ0n) is 27.6. The zero-order valence-corrected chi connectivity index (χ0v) is 29.2. The first-order valence-electron chi connectivity index (χ1n) is 16.2. The van der Waals surface area contributed by atoms with Crippen LogP contribution in [-0.2, 0) is 24.0 Å². The Morgan fingerprint density at radius 1 is 1.00 bits per heavy atom. The Bertz CT molecular complexity index is 1750. The van der Waals surface area contributed by atoms with Crippen LogP contribution in [0.2, 0.25) is 5.02 Å². The molecule has 1 aromatic heterocycles. The van der Waals surface area contributed by atoms with Crippen molar-refractivity contribution < 1.29 is 24.4 Å². The fraction of sp³-hybridized carbons (Fsp3) is 0.361. The van der Waals surface area contributed by atoms with Crippen LogP contribution in [0.5, 0.6) is 0 Å². The second kappa shape index (κ2) is 16.9. The van der Waals surface area contributed by atoms with Crippen LogP contribution in [0.4, 0.5) is 5.69 Å². The highest BCUT2D eigenvalue weighted by Crippen LogP contribution is 2.30. The third kappa shape index (κ3) is 8.15. The van der Waals surface area contributed by atoms with Gasteiger partial charge in [-0.3, -0.25) is 9.59 Å². The fourth-order valence-electron chi connectivity index (χ4n) is 5.85. The first-order valence-corrected chi connectivity index (χ1v) is 17.7. The van der Waals surface area contributed by atoms with Crippen LogP contribution in [0.3, 0.4) is 0 Å². The van der Waals surface area contributed by atoms with Crippen molar-refractivity contribution in [3.05, 3.63) is 106 Å². The van der Waals surface area contributed by atoms with E-state index in [-0.39, 0.29) is 23.9 Å². The molecule has 4 aromatic rings. The first-order chi connectivity index (χ1) is 22.7. The summed E-state index contributed by atoms with van der Waals surface area (Å²) < 4.78 is 17.9. The number of hydrogen-bond acceptors (Lipinski definition) is 5. The highest BCUT2D eigenvalue weighted by Gasteiger charge is 2.32. The molecule has 2 heterocycles. The summed E-state index contributed by atoms with van der Waals surface area (Å²) in [7, 11) is -1.70. The average Bonchev–Trinajstić information content (AvgIpc) is 3.48. The Labute approximate surface area is 289 Å². The molecule has 0 saturated carbocycles. The number of aliphatic hydroxyl groups excluding tert-OH is 1. The minimum atomic E-state index is -1.70. The van der Waals surface area contributed by atoms with E-state index in [4.69, 9.17) is 16.7 Å². The molecule has 0 saturated heterocycles. The Balaban J connectivity index is 0.00000520. The van der Waals surface area contributed by atoms with Crippen molar-refractivity contribution in [3.63, 3.8) is 0 Å². The number of fused-ring (bicyclic) bond motifs is 1. The van der Waals surface area contributed by atoms with Gasteiger partial charge in [-0.15, -0.1) is 0 Å². The fourth-order valence-corrected chi connectivity index (χ4v) is 7.10. The number of unbranched alkanes of at least 4 members (excludes halogenated alkanes) is 2. The molecule has 3 aromatic carbocycles. The van der Waals surface area contributed by atoms with Crippen LogP contribution in [0.25, 0.3) is 5.69 Å². The molecule has 10 nitrogen and oxygen atoms in total. The molecule has 0 fully saturated rings. The molecule has 48 heavy (non-hydrogen) atoms. The summed E-state index contributed by atoms with van der Waals surface area (Å²) in [6, 6.07) is 21.2. The quantitative estimate of drug-likeness (QED) is 0.184. The van der Waals surface area contributed by atoms with Crippen molar-refractivity contribution in [2.24, 2.45) is 0 Å². The number of amides is 2. The summed E-state index contributed by atoms with van der Waals surface area (Å²) >= 11 is 6.31. The predicted molar refractivity (Wildman–Crippen MR) is 190 cm³/mol. The van der Waals surface area contributed by atoms with Gasteiger partial charge in [-0.2, -0.15) is 5.10 Å². The Morgan fingerprint density at radius 3 is 2.33 bits per heavy atom. The topological polar surface area (TPSA) is 139 Å². The zero-order chi connectivity index (χ0) is 33.5. The van der Waals surface area contributed by atoms with E-state index in [2.05, 4.69) is 18.6 Å². The van der Waals surface area contributed by atoms with E-state index < -0.39 is 17.0 Å². The SMILES string of the molecule is CCCCN(CCCC)C(=O)c1cc(C)n(-c2ccc(NS(=O)c3ccccc3Cl)cc2C(=O)N2Cc3ccccc3C[C@H]2CO)n1.O. The van der Waals surface area contributed by atoms with Gasteiger partial charge in [0, 0.05) is 31.0 Å². The Morgan fingerprint density at radius 2 is 1.67 bits per heavy atom. The molecule has 0 bridgehead atoms. The van der Waals surface area contributed by atoms with Gasteiger partial charge in [0.05, 0.1) is 33.8 Å². The second-order valence-electron chi connectivity index (χ2n) is 11.9. The second-order valence-corrected chi connectivity index (χ2v) is 13.4. The molecule has 0 spiro atoms. The summed E-state index contributed by atoms with van der Waals surface area (Å²) in [4.78, 5) is 32.1. The van der Waals surface area contributed by atoms with E-state index in [0.29, 0.717) is 64.3 Å². The number of hydrogen-bond donors (Lipinski definition) is 2. The standard InChI is InChI=1S/C36H42ClN5O4S.H2O/c1-4-6-18-40(19-7-5-2)36(45)32-20-25(3)42(38-32)33-17-16-28(39-47(46)34-15-11-10-14-31(34)37)22-30(33)35(44)41-23-27-13-9-8-12-26(27)21-29(41)24-43;/h8-17,20,22,29,39,43H,4-7,18-19,21,23-24H2,1-3H3;1H2/t29-,47?;/m0./s1.